The molecule has 0 N–H and O–H groups in total. The van der Waals surface area contributed by atoms with Crippen molar-refractivity contribution >= 4 is 50.0 Å². The Hall–Kier alpha value is 0.134. The van der Waals surface area contributed by atoms with Crippen molar-refractivity contribution in [2.75, 3.05) is 13.2 Å². The van der Waals surface area contributed by atoms with Crippen molar-refractivity contribution in [3.05, 3.63) is 12.2 Å². The van der Waals surface area contributed by atoms with Gasteiger partial charge in [-0.2, -0.15) is 0 Å². The molecule has 182 valence electrons. The van der Waals surface area contributed by atoms with Crippen LogP contribution in [0.5, 0.6) is 0 Å². The van der Waals surface area contributed by atoms with Crippen LogP contribution in [0, 0.1) is 0 Å². The molecule has 31 heavy (non-hydrogen) atoms. The van der Waals surface area contributed by atoms with Gasteiger partial charge in [-0.25, -0.2) is 4.79 Å². The van der Waals surface area contributed by atoms with Crippen LogP contribution in [0.15, 0.2) is 12.2 Å². The predicted molar refractivity (Wildman–Crippen MR) is 141 cm³/mol. The van der Waals surface area contributed by atoms with Crippen LogP contribution in [0.1, 0.15) is 25.7 Å². The summed E-state index contributed by atoms with van der Waals surface area (Å²) in [5.74, 6) is -0.411. The SMILES string of the molecule is C=C(C(=O)OCCC[SiH3])C1([Si](O[Si](C)(C)C)(O[Si](C)(C)C)O[Si](C)(C)C)CCCCO1. The van der Waals surface area contributed by atoms with Crippen molar-refractivity contribution in [1.29, 1.82) is 0 Å². The highest BCUT2D eigenvalue weighted by Crippen LogP contribution is 2.45. The highest BCUT2D eigenvalue weighted by atomic mass is 28.5. The van der Waals surface area contributed by atoms with Crippen LogP contribution in [0.25, 0.3) is 0 Å². The first-order chi connectivity index (χ1) is 14.0. The van der Waals surface area contributed by atoms with E-state index in [0.29, 0.717) is 25.2 Å². The normalized spacial score (nSPS) is 21.2. The van der Waals surface area contributed by atoms with Crippen molar-refractivity contribution in [1.82, 2.24) is 0 Å². The number of carbonyl (C=O) groups is 1. The Morgan fingerprint density at radius 1 is 0.935 bits per heavy atom. The Bertz CT molecular complexity index is 574. The van der Waals surface area contributed by atoms with E-state index in [2.05, 4.69) is 65.5 Å². The van der Waals surface area contributed by atoms with E-state index in [9.17, 15) is 4.79 Å². The van der Waals surface area contributed by atoms with Crippen molar-refractivity contribution < 1.29 is 26.6 Å². The quantitative estimate of drug-likeness (QED) is 0.165. The third-order valence-electron chi connectivity index (χ3n) is 4.55. The third-order valence-corrected chi connectivity index (χ3v) is 17.5. The van der Waals surface area contributed by atoms with Crippen LogP contribution in [-0.2, 0) is 26.6 Å². The van der Waals surface area contributed by atoms with Crippen LogP contribution < -0.4 is 0 Å². The van der Waals surface area contributed by atoms with Gasteiger partial charge in [0.2, 0.25) is 0 Å². The molecule has 6 nitrogen and oxygen atoms in total. The number of esters is 1. The minimum Gasteiger partial charge on any atom is -0.462 e. The number of hydrogen-bond donors (Lipinski definition) is 0. The summed E-state index contributed by atoms with van der Waals surface area (Å²) in [4.78, 5) is 13.2. The molecular formula is C20H46O6Si5. The molecule has 0 aromatic carbocycles. The number of carbonyl (C=O) groups excluding carboxylic acids is 1. The zero-order valence-corrected chi connectivity index (χ0v) is 27.6. The van der Waals surface area contributed by atoms with E-state index in [1.807, 2.05) is 0 Å². The average molecular weight is 523 g/mol. The molecule has 1 saturated heterocycles. The van der Waals surface area contributed by atoms with Crippen molar-refractivity contribution in [3.63, 3.8) is 0 Å². The van der Waals surface area contributed by atoms with Gasteiger partial charge in [-0.05, 0) is 84.6 Å². The highest BCUT2D eigenvalue weighted by molar-refractivity contribution is 6.91. The van der Waals surface area contributed by atoms with Crippen LogP contribution in [0.4, 0.5) is 0 Å². The second kappa shape index (κ2) is 11.0. The van der Waals surface area contributed by atoms with E-state index in [0.717, 1.165) is 35.5 Å². The molecule has 1 aliphatic rings. The maximum absolute atomic E-state index is 13.2. The average Bonchev–Trinajstić information content (AvgIpc) is 2.57. The smallest absolute Gasteiger partial charge is 0.462 e. The maximum atomic E-state index is 13.2. The summed E-state index contributed by atoms with van der Waals surface area (Å²) >= 11 is 0. The Kier molecular flexibility index (Phi) is 10.4. The lowest BCUT2D eigenvalue weighted by molar-refractivity contribution is -0.143. The first kappa shape index (κ1) is 29.2. The van der Waals surface area contributed by atoms with Gasteiger partial charge < -0.3 is 21.8 Å². The van der Waals surface area contributed by atoms with Crippen LogP contribution >= 0.6 is 0 Å². The summed E-state index contributed by atoms with van der Waals surface area (Å²) < 4.78 is 32.9. The summed E-state index contributed by atoms with van der Waals surface area (Å²) in [6, 6.07) is 1.09. The van der Waals surface area contributed by atoms with Gasteiger partial charge in [0.25, 0.3) is 0 Å². The second-order valence-corrected chi connectivity index (χ2v) is 29.3. The molecule has 11 heteroatoms. The Balaban J connectivity index is 3.66. The van der Waals surface area contributed by atoms with Crippen molar-refractivity contribution in [2.24, 2.45) is 0 Å². The lowest BCUT2D eigenvalue weighted by atomic mass is 10.0. The largest absolute Gasteiger partial charge is 0.508 e. The molecule has 0 bridgehead atoms. The van der Waals surface area contributed by atoms with Gasteiger partial charge >= 0.3 is 14.8 Å². The maximum Gasteiger partial charge on any atom is 0.508 e. The number of ether oxygens (including phenoxy) is 2. The molecule has 0 aromatic heterocycles. The van der Waals surface area contributed by atoms with Crippen molar-refractivity contribution in [3.8, 4) is 0 Å². The van der Waals surface area contributed by atoms with E-state index >= 15 is 0 Å². The van der Waals surface area contributed by atoms with Gasteiger partial charge in [-0.3, -0.25) is 0 Å². The van der Waals surface area contributed by atoms with Crippen molar-refractivity contribution in [2.45, 2.75) is 95.9 Å². The number of rotatable bonds is 12. The number of hydrogen-bond acceptors (Lipinski definition) is 6. The minimum absolute atomic E-state index is 0.307. The van der Waals surface area contributed by atoms with Crippen LogP contribution in [0.3, 0.4) is 0 Å². The lowest BCUT2D eigenvalue weighted by Gasteiger charge is -2.53. The molecule has 1 unspecified atom stereocenters. The van der Waals surface area contributed by atoms with E-state index in [-0.39, 0.29) is 0 Å². The highest BCUT2D eigenvalue weighted by Gasteiger charge is 2.69. The monoisotopic (exact) mass is 522 g/mol. The summed E-state index contributed by atoms with van der Waals surface area (Å²) in [6.07, 6.45) is 3.32. The van der Waals surface area contributed by atoms with E-state index in [4.69, 9.17) is 21.8 Å². The fourth-order valence-corrected chi connectivity index (χ4v) is 18.3. The molecule has 0 radical (unpaired) electrons. The molecule has 1 fully saturated rings. The standard InChI is InChI=1S/C20H46O6Si5/c1-18(19(21)22-15-13-17-27)20(14-11-12-16-23-20)31(24-28(2,3)4,25-29(5,6)7)26-30(8,9)10/h1,11-17H2,2-10,27H3. The molecule has 1 aliphatic heterocycles. The lowest BCUT2D eigenvalue weighted by Crippen LogP contribution is -2.75. The first-order valence-electron chi connectivity index (χ1n) is 11.6. The molecule has 0 amide bonds. The zero-order chi connectivity index (χ0) is 24.1. The van der Waals surface area contributed by atoms with E-state index in [1.54, 1.807) is 0 Å². The summed E-state index contributed by atoms with van der Waals surface area (Å²) in [7, 11) is -8.90. The molecule has 0 saturated carbocycles. The van der Waals surface area contributed by atoms with Gasteiger partial charge in [-0.15, -0.1) is 0 Å². The van der Waals surface area contributed by atoms with Gasteiger partial charge in [-0.1, -0.05) is 12.6 Å². The van der Waals surface area contributed by atoms with E-state index < -0.39 is 45.0 Å². The molecular weight excluding hydrogens is 477 g/mol. The van der Waals surface area contributed by atoms with Gasteiger partial charge in [0, 0.05) is 16.8 Å². The second-order valence-electron chi connectivity index (χ2n) is 11.3. The molecule has 1 rings (SSSR count). The molecule has 1 heterocycles. The topological polar surface area (TPSA) is 63.2 Å². The molecule has 0 aromatic rings. The third kappa shape index (κ3) is 8.78. The zero-order valence-electron chi connectivity index (χ0n) is 21.6. The van der Waals surface area contributed by atoms with Gasteiger partial charge in [0.1, 0.15) is 0 Å². The summed E-state index contributed by atoms with van der Waals surface area (Å²) in [5, 5.41) is -1.09. The Morgan fingerprint density at radius 3 is 1.77 bits per heavy atom. The molecule has 0 aliphatic carbocycles. The Morgan fingerprint density at radius 2 is 1.42 bits per heavy atom. The Labute approximate surface area is 197 Å². The fourth-order valence-electron chi connectivity index (χ4n) is 3.54. The first-order valence-corrected chi connectivity index (χ1v) is 24.9. The molecule has 0 spiro atoms. The fraction of sp³-hybridized carbons (Fsp3) is 0.850. The van der Waals surface area contributed by atoms with Crippen LogP contribution in [0.2, 0.25) is 65.0 Å². The van der Waals surface area contributed by atoms with E-state index in [1.165, 1.54) is 0 Å². The summed E-state index contributed by atoms with van der Waals surface area (Å²) in [5.41, 5.74) is 0.307. The summed E-state index contributed by atoms with van der Waals surface area (Å²) in [6.45, 7) is 24.4. The van der Waals surface area contributed by atoms with Gasteiger partial charge in [0.15, 0.2) is 30.2 Å². The minimum atomic E-state index is -3.56. The molecule has 1 atom stereocenters. The van der Waals surface area contributed by atoms with Crippen LogP contribution in [-0.4, -0.2) is 68.4 Å². The predicted octanol–water partition coefficient (Wildman–Crippen LogP) is 4.23. The van der Waals surface area contributed by atoms with Gasteiger partial charge in [0.05, 0.1) is 12.2 Å².